The Morgan fingerprint density at radius 1 is 1.05 bits per heavy atom. The fraction of sp³-hybridized carbons (Fsp3) is 0.250. The molecule has 0 bridgehead atoms. The van der Waals surface area contributed by atoms with E-state index in [4.69, 9.17) is 4.74 Å². The number of halogens is 1. The monoisotopic (exact) mass is 334 g/mol. The summed E-state index contributed by atoms with van der Waals surface area (Å²) in [4.78, 5) is 2.21. The summed E-state index contributed by atoms with van der Waals surface area (Å²) < 4.78 is 6.26. The predicted octanol–water partition coefficient (Wildman–Crippen LogP) is 4.01. The number of hydrogen-bond donors (Lipinski definition) is 1. The molecule has 0 heterocycles. The fourth-order valence-electron chi connectivity index (χ4n) is 1.90. The van der Waals surface area contributed by atoms with Gasteiger partial charge in [-0.3, -0.25) is 0 Å². The Morgan fingerprint density at radius 3 is 2.30 bits per heavy atom. The highest BCUT2D eigenvalue weighted by Gasteiger charge is 2.01. The van der Waals surface area contributed by atoms with Gasteiger partial charge in [-0.1, -0.05) is 15.9 Å². The first kappa shape index (κ1) is 14.7. The minimum atomic E-state index is 0.884. The van der Waals surface area contributed by atoms with Gasteiger partial charge in [-0.05, 0) is 48.5 Å². The summed E-state index contributed by atoms with van der Waals surface area (Å²) in [5.74, 6) is 0.884. The molecule has 3 nitrogen and oxygen atoms in total. The predicted molar refractivity (Wildman–Crippen MR) is 88.9 cm³/mol. The molecule has 0 aliphatic carbocycles. The number of benzene rings is 2. The molecule has 0 aliphatic rings. The van der Waals surface area contributed by atoms with E-state index in [0.29, 0.717) is 0 Å². The Bertz CT molecular complexity index is 525. The van der Waals surface area contributed by atoms with Crippen molar-refractivity contribution in [3.63, 3.8) is 0 Å². The number of methoxy groups -OCH3 is 1. The first-order valence-corrected chi connectivity index (χ1v) is 7.33. The Hall–Kier alpha value is -1.68. The van der Waals surface area contributed by atoms with Crippen molar-refractivity contribution in [3.8, 4) is 5.75 Å². The van der Waals surface area contributed by atoms with Gasteiger partial charge in [0.05, 0.1) is 7.11 Å². The zero-order valence-corrected chi connectivity index (χ0v) is 13.4. The summed E-state index contributed by atoms with van der Waals surface area (Å²) in [6.45, 7) is 1.83. The van der Waals surface area contributed by atoms with Crippen LogP contribution in [0.25, 0.3) is 0 Å². The summed E-state index contributed by atoms with van der Waals surface area (Å²) in [6, 6.07) is 16.3. The van der Waals surface area contributed by atoms with Gasteiger partial charge in [0.1, 0.15) is 5.75 Å². The zero-order chi connectivity index (χ0) is 14.4. The average molecular weight is 335 g/mol. The van der Waals surface area contributed by atoms with Crippen LogP contribution in [0.4, 0.5) is 11.4 Å². The van der Waals surface area contributed by atoms with Gasteiger partial charge in [-0.25, -0.2) is 0 Å². The van der Waals surface area contributed by atoms with Crippen LogP contribution in [0.15, 0.2) is 53.0 Å². The third kappa shape index (κ3) is 4.17. The normalized spacial score (nSPS) is 10.2. The van der Waals surface area contributed by atoms with Crippen LogP contribution in [0.1, 0.15) is 0 Å². The molecular weight excluding hydrogens is 316 g/mol. The molecule has 20 heavy (non-hydrogen) atoms. The van der Waals surface area contributed by atoms with Crippen molar-refractivity contribution in [1.82, 2.24) is 0 Å². The molecule has 0 aromatic heterocycles. The van der Waals surface area contributed by atoms with Crippen LogP contribution in [0, 0.1) is 0 Å². The van der Waals surface area contributed by atoms with Gasteiger partial charge in [-0.15, -0.1) is 0 Å². The Kier molecular flexibility index (Phi) is 5.30. The molecule has 0 unspecified atom stereocenters. The summed E-state index contributed by atoms with van der Waals surface area (Å²) in [5.41, 5.74) is 2.32. The van der Waals surface area contributed by atoms with Crippen LogP contribution in [0.2, 0.25) is 0 Å². The first-order chi connectivity index (χ1) is 9.69. The smallest absolute Gasteiger partial charge is 0.119 e. The number of nitrogens with one attached hydrogen (secondary N) is 1. The number of nitrogens with zero attached hydrogens (tertiary/aromatic N) is 1. The lowest BCUT2D eigenvalue weighted by Gasteiger charge is -2.20. The van der Waals surface area contributed by atoms with Gasteiger partial charge in [0.15, 0.2) is 0 Å². The highest BCUT2D eigenvalue weighted by atomic mass is 79.9. The van der Waals surface area contributed by atoms with Crippen LogP contribution in [-0.2, 0) is 0 Å². The molecule has 2 aromatic carbocycles. The van der Waals surface area contributed by atoms with Gasteiger partial charge in [0.25, 0.3) is 0 Å². The highest BCUT2D eigenvalue weighted by Crippen LogP contribution is 2.18. The third-order valence-corrected chi connectivity index (χ3v) is 3.66. The van der Waals surface area contributed by atoms with Crippen molar-refractivity contribution >= 4 is 27.3 Å². The third-order valence-electron chi connectivity index (χ3n) is 3.13. The molecule has 106 valence electrons. The summed E-state index contributed by atoms with van der Waals surface area (Å²) in [6.07, 6.45) is 0. The maximum Gasteiger partial charge on any atom is 0.119 e. The van der Waals surface area contributed by atoms with Gasteiger partial charge >= 0.3 is 0 Å². The molecule has 0 spiro atoms. The molecule has 0 saturated heterocycles. The lowest BCUT2D eigenvalue weighted by Crippen LogP contribution is -2.24. The van der Waals surface area contributed by atoms with Gasteiger partial charge in [0.2, 0.25) is 0 Å². The molecule has 0 aliphatic heterocycles. The molecule has 0 saturated carbocycles. The Labute approximate surface area is 128 Å². The minimum Gasteiger partial charge on any atom is -0.497 e. The number of ether oxygens (including phenoxy) is 1. The minimum absolute atomic E-state index is 0.884. The number of likely N-dealkylation sites (N-methyl/N-ethyl adjacent to an activating group) is 1. The maximum absolute atomic E-state index is 5.16. The van der Waals surface area contributed by atoms with Gasteiger partial charge in [0, 0.05) is 36.0 Å². The first-order valence-electron chi connectivity index (χ1n) is 6.53. The van der Waals surface area contributed by atoms with Gasteiger partial charge < -0.3 is 15.0 Å². The van der Waals surface area contributed by atoms with Crippen LogP contribution >= 0.6 is 15.9 Å². The average Bonchev–Trinajstić information content (AvgIpc) is 2.49. The van der Waals surface area contributed by atoms with E-state index >= 15 is 0 Å². The van der Waals surface area contributed by atoms with Crippen molar-refractivity contribution in [2.75, 3.05) is 37.5 Å². The SMILES string of the molecule is COc1ccc(N(C)CCNc2ccc(Br)cc2)cc1. The van der Waals surface area contributed by atoms with E-state index in [1.165, 1.54) is 5.69 Å². The van der Waals surface area contributed by atoms with Crippen LogP contribution in [0.3, 0.4) is 0 Å². The lowest BCUT2D eigenvalue weighted by molar-refractivity contribution is 0.415. The van der Waals surface area contributed by atoms with Crippen molar-refractivity contribution < 1.29 is 4.74 Å². The number of anilines is 2. The summed E-state index contributed by atoms with van der Waals surface area (Å²) in [5, 5.41) is 3.41. The Morgan fingerprint density at radius 2 is 1.70 bits per heavy atom. The van der Waals surface area contributed by atoms with E-state index < -0.39 is 0 Å². The second kappa shape index (κ2) is 7.20. The second-order valence-corrected chi connectivity index (χ2v) is 5.47. The van der Waals surface area contributed by atoms with E-state index in [1.54, 1.807) is 7.11 Å². The Balaban J connectivity index is 1.82. The van der Waals surface area contributed by atoms with Crippen LogP contribution in [-0.4, -0.2) is 27.2 Å². The quantitative estimate of drug-likeness (QED) is 0.863. The molecule has 4 heteroatoms. The van der Waals surface area contributed by atoms with Crippen molar-refractivity contribution in [2.24, 2.45) is 0 Å². The highest BCUT2D eigenvalue weighted by molar-refractivity contribution is 9.10. The van der Waals surface area contributed by atoms with E-state index in [0.717, 1.165) is 29.0 Å². The standard InChI is InChI=1S/C16H19BrN2O/c1-19(15-7-9-16(20-2)10-8-15)12-11-18-14-5-3-13(17)4-6-14/h3-10,18H,11-12H2,1-2H3. The zero-order valence-electron chi connectivity index (χ0n) is 11.8. The number of hydrogen-bond acceptors (Lipinski definition) is 3. The van der Waals surface area contributed by atoms with Crippen LogP contribution in [0.5, 0.6) is 5.75 Å². The molecule has 2 aromatic rings. The van der Waals surface area contributed by atoms with Gasteiger partial charge in [-0.2, -0.15) is 0 Å². The largest absolute Gasteiger partial charge is 0.497 e. The molecule has 2 rings (SSSR count). The van der Waals surface area contributed by atoms with Crippen molar-refractivity contribution in [3.05, 3.63) is 53.0 Å². The summed E-state index contributed by atoms with van der Waals surface area (Å²) in [7, 11) is 3.77. The topological polar surface area (TPSA) is 24.5 Å². The maximum atomic E-state index is 5.16. The molecule has 0 amide bonds. The lowest BCUT2D eigenvalue weighted by atomic mass is 10.3. The van der Waals surface area contributed by atoms with E-state index in [1.807, 2.05) is 24.3 Å². The molecule has 0 atom stereocenters. The second-order valence-electron chi connectivity index (χ2n) is 4.55. The van der Waals surface area contributed by atoms with E-state index in [9.17, 15) is 0 Å². The fourth-order valence-corrected chi connectivity index (χ4v) is 2.17. The van der Waals surface area contributed by atoms with Crippen molar-refractivity contribution in [2.45, 2.75) is 0 Å². The molecule has 0 fully saturated rings. The van der Waals surface area contributed by atoms with E-state index in [-0.39, 0.29) is 0 Å². The number of rotatable bonds is 6. The molecule has 1 N–H and O–H groups in total. The van der Waals surface area contributed by atoms with E-state index in [2.05, 4.69) is 57.5 Å². The molecular formula is C16H19BrN2O. The molecule has 0 radical (unpaired) electrons. The van der Waals surface area contributed by atoms with Crippen molar-refractivity contribution in [1.29, 1.82) is 0 Å². The van der Waals surface area contributed by atoms with Crippen LogP contribution < -0.4 is 15.0 Å². The summed E-state index contributed by atoms with van der Waals surface area (Å²) >= 11 is 3.43.